The van der Waals surface area contributed by atoms with Gasteiger partial charge < -0.3 is 24.6 Å². The highest BCUT2D eigenvalue weighted by Gasteiger charge is 2.27. The average molecular weight is 548 g/mol. The summed E-state index contributed by atoms with van der Waals surface area (Å²) in [5.74, 6) is 0.0327. The number of hydrogen-bond donors (Lipinski definition) is 2. The van der Waals surface area contributed by atoms with Crippen LogP contribution in [0.1, 0.15) is 46.1 Å². The van der Waals surface area contributed by atoms with Crippen LogP contribution in [0.25, 0.3) is 10.9 Å². The number of piperazine rings is 1. The lowest BCUT2D eigenvalue weighted by molar-refractivity contribution is 0.0615. The molecule has 3 aromatic rings. The van der Waals surface area contributed by atoms with Crippen LogP contribution >= 0.6 is 0 Å². The predicted molar refractivity (Wildman–Crippen MR) is 158 cm³/mol. The molecule has 0 unspecified atom stereocenters. The molecule has 40 heavy (non-hydrogen) atoms. The Morgan fingerprint density at radius 1 is 1.05 bits per heavy atom. The number of β-amino-alcohol motifs (C(OH)–C–C–N with tert-alkyl or cyclic N) is 1. The van der Waals surface area contributed by atoms with Crippen molar-refractivity contribution in [2.24, 2.45) is 0 Å². The fourth-order valence-corrected chi connectivity index (χ4v) is 6.00. The number of anilines is 2. The maximum atomic E-state index is 13.7. The number of ether oxygens (including phenoxy) is 1. The minimum atomic E-state index is -0.316. The van der Waals surface area contributed by atoms with E-state index in [-0.39, 0.29) is 18.6 Å². The van der Waals surface area contributed by atoms with Crippen molar-refractivity contribution in [3.8, 4) is 0 Å². The van der Waals surface area contributed by atoms with Crippen molar-refractivity contribution in [2.45, 2.75) is 47.2 Å². The number of aryl methyl sites for hydroxylation is 3. The SMILES string of the molecule is CCCn1c(C)c(C)c2cc(C(=O)N3CCN(CCO)CC3)cc(NCc3c(C)cccc3N3CCOC3=O)c21. The van der Waals surface area contributed by atoms with Gasteiger partial charge in [0.25, 0.3) is 5.91 Å². The third kappa shape index (κ3) is 5.28. The maximum Gasteiger partial charge on any atom is 0.414 e. The van der Waals surface area contributed by atoms with Crippen molar-refractivity contribution in [1.82, 2.24) is 14.4 Å². The Labute approximate surface area is 236 Å². The van der Waals surface area contributed by atoms with Gasteiger partial charge in [0.05, 0.1) is 30.0 Å². The highest BCUT2D eigenvalue weighted by molar-refractivity contribution is 6.04. The number of amides is 2. The number of carbonyl (C=O) groups excluding carboxylic acids is 2. The molecule has 214 valence electrons. The van der Waals surface area contributed by atoms with Crippen molar-refractivity contribution >= 4 is 34.3 Å². The van der Waals surface area contributed by atoms with Crippen molar-refractivity contribution < 1.29 is 19.4 Å². The number of aliphatic hydroxyl groups is 1. The number of nitrogens with zero attached hydrogens (tertiary/aromatic N) is 4. The molecule has 9 nitrogen and oxygen atoms in total. The van der Waals surface area contributed by atoms with Crippen LogP contribution in [-0.2, 0) is 17.8 Å². The first kappa shape index (κ1) is 28.0. The molecule has 2 aliphatic rings. The Bertz CT molecular complexity index is 1410. The van der Waals surface area contributed by atoms with Crippen molar-refractivity contribution in [3.63, 3.8) is 0 Å². The van der Waals surface area contributed by atoms with Gasteiger partial charge >= 0.3 is 6.09 Å². The summed E-state index contributed by atoms with van der Waals surface area (Å²) in [7, 11) is 0. The van der Waals surface area contributed by atoms with E-state index in [9.17, 15) is 14.7 Å². The molecule has 0 aliphatic carbocycles. The summed E-state index contributed by atoms with van der Waals surface area (Å²) in [6.07, 6.45) is 0.686. The van der Waals surface area contributed by atoms with E-state index in [2.05, 4.69) is 54.6 Å². The first-order valence-electron chi connectivity index (χ1n) is 14.4. The van der Waals surface area contributed by atoms with E-state index < -0.39 is 0 Å². The second kappa shape index (κ2) is 11.9. The van der Waals surface area contributed by atoms with Crippen molar-refractivity contribution in [3.05, 3.63) is 58.3 Å². The van der Waals surface area contributed by atoms with E-state index in [1.54, 1.807) is 4.90 Å². The monoisotopic (exact) mass is 547 g/mol. The van der Waals surface area contributed by atoms with Crippen LogP contribution in [0.3, 0.4) is 0 Å². The minimum Gasteiger partial charge on any atom is -0.447 e. The molecule has 2 aliphatic heterocycles. The van der Waals surface area contributed by atoms with Gasteiger partial charge in [-0.2, -0.15) is 0 Å². The van der Waals surface area contributed by atoms with Crippen LogP contribution in [0.2, 0.25) is 0 Å². The lowest BCUT2D eigenvalue weighted by Crippen LogP contribution is -2.49. The van der Waals surface area contributed by atoms with E-state index in [1.807, 2.05) is 23.1 Å². The Morgan fingerprint density at radius 3 is 2.50 bits per heavy atom. The van der Waals surface area contributed by atoms with Gasteiger partial charge in [-0.05, 0) is 62.1 Å². The molecule has 3 heterocycles. The van der Waals surface area contributed by atoms with Gasteiger partial charge in [-0.3, -0.25) is 14.6 Å². The molecular weight excluding hydrogens is 506 g/mol. The van der Waals surface area contributed by atoms with Gasteiger partial charge in [0.1, 0.15) is 6.61 Å². The van der Waals surface area contributed by atoms with Gasteiger partial charge in [0.2, 0.25) is 0 Å². The number of benzene rings is 2. The Balaban J connectivity index is 1.51. The zero-order valence-electron chi connectivity index (χ0n) is 24.1. The molecule has 0 atom stereocenters. The van der Waals surface area contributed by atoms with Gasteiger partial charge in [-0.1, -0.05) is 19.1 Å². The normalized spacial score (nSPS) is 16.2. The Hall–Kier alpha value is -3.56. The summed E-state index contributed by atoms with van der Waals surface area (Å²) >= 11 is 0. The van der Waals surface area contributed by atoms with E-state index in [0.717, 1.165) is 59.5 Å². The molecule has 2 fully saturated rings. The fraction of sp³-hybridized carbons (Fsp3) is 0.484. The lowest BCUT2D eigenvalue weighted by atomic mass is 10.0. The number of carbonyl (C=O) groups is 2. The quantitative estimate of drug-likeness (QED) is 0.415. The second-order valence-electron chi connectivity index (χ2n) is 10.8. The smallest absolute Gasteiger partial charge is 0.414 e. The first-order chi connectivity index (χ1) is 19.3. The van der Waals surface area contributed by atoms with Crippen LogP contribution in [0.4, 0.5) is 16.2 Å². The summed E-state index contributed by atoms with van der Waals surface area (Å²) < 4.78 is 7.57. The molecule has 2 amide bonds. The molecule has 9 heteroatoms. The number of hydrogen-bond acceptors (Lipinski definition) is 6. The number of cyclic esters (lactones) is 1. The van der Waals surface area contributed by atoms with E-state index in [1.165, 1.54) is 11.3 Å². The molecule has 2 N–H and O–H groups in total. The van der Waals surface area contributed by atoms with Crippen LogP contribution in [0.15, 0.2) is 30.3 Å². The van der Waals surface area contributed by atoms with E-state index >= 15 is 0 Å². The van der Waals surface area contributed by atoms with Crippen LogP contribution in [0.5, 0.6) is 0 Å². The zero-order valence-corrected chi connectivity index (χ0v) is 24.1. The number of fused-ring (bicyclic) bond motifs is 1. The summed E-state index contributed by atoms with van der Waals surface area (Å²) in [4.78, 5) is 31.9. The summed E-state index contributed by atoms with van der Waals surface area (Å²) in [5, 5.41) is 14.0. The molecule has 2 saturated heterocycles. The molecule has 1 aromatic heterocycles. The third-order valence-electron chi connectivity index (χ3n) is 8.39. The molecule has 0 saturated carbocycles. The molecule has 5 rings (SSSR count). The topological polar surface area (TPSA) is 90.3 Å². The third-order valence-corrected chi connectivity index (χ3v) is 8.39. The second-order valence-corrected chi connectivity index (χ2v) is 10.8. The van der Waals surface area contributed by atoms with Crippen molar-refractivity contribution in [2.75, 3.05) is 62.7 Å². The maximum absolute atomic E-state index is 13.7. The number of aliphatic hydroxyl groups excluding tert-OH is 1. The van der Waals surface area contributed by atoms with Crippen LogP contribution < -0.4 is 10.2 Å². The lowest BCUT2D eigenvalue weighted by Gasteiger charge is -2.34. The molecule has 0 bridgehead atoms. The molecule has 0 spiro atoms. The average Bonchev–Trinajstić information content (AvgIpc) is 3.49. The van der Waals surface area contributed by atoms with Gasteiger partial charge in [0, 0.05) is 62.5 Å². The minimum absolute atomic E-state index is 0.0327. The van der Waals surface area contributed by atoms with E-state index in [4.69, 9.17) is 4.74 Å². The summed E-state index contributed by atoms with van der Waals surface area (Å²) in [6, 6.07) is 10.0. The van der Waals surface area contributed by atoms with Crippen LogP contribution in [0, 0.1) is 20.8 Å². The number of aromatic nitrogens is 1. The first-order valence-corrected chi connectivity index (χ1v) is 14.4. The molecule has 0 radical (unpaired) electrons. The number of nitrogens with one attached hydrogen (secondary N) is 1. The predicted octanol–water partition coefficient (Wildman–Crippen LogP) is 4.30. The largest absolute Gasteiger partial charge is 0.447 e. The molecular formula is C31H41N5O4. The van der Waals surface area contributed by atoms with Crippen LogP contribution in [-0.4, -0.2) is 84.0 Å². The zero-order chi connectivity index (χ0) is 28.4. The fourth-order valence-electron chi connectivity index (χ4n) is 6.00. The summed E-state index contributed by atoms with van der Waals surface area (Å²) in [5.41, 5.74) is 8.08. The van der Waals surface area contributed by atoms with Gasteiger partial charge in [0.15, 0.2) is 0 Å². The number of rotatable bonds is 9. The standard InChI is InChI=1S/C31H41N5O4/c1-5-9-35-23(4)22(3)25-18-24(30(38)34-12-10-33(11-13-34)14-16-37)19-27(29(25)35)32-20-26-21(2)7-6-8-28(26)36-15-17-40-31(36)39/h6-8,18-19,32,37H,5,9-17,20H2,1-4H3. The summed E-state index contributed by atoms with van der Waals surface area (Å²) in [6.45, 7) is 14.4. The van der Waals surface area contributed by atoms with Gasteiger partial charge in [-0.25, -0.2) is 4.79 Å². The highest BCUT2D eigenvalue weighted by atomic mass is 16.6. The molecule has 2 aromatic carbocycles. The van der Waals surface area contributed by atoms with E-state index in [0.29, 0.717) is 44.9 Å². The van der Waals surface area contributed by atoms with Gasteiger partial charge in [-0.15, -0.1) is 0 Å². The van der Waals surface area contributed by atoms with Crippen molar-refractivity contribution in [1.29, 1.82) is 0 Å². The Kier molecular flexibility index (Phi) is 8.32. The highest BCUT2D eigenvalue weighted by Crippen LogP contribution is 2.35. The Morgan fingerprint density at radius 2 is 1.82 bits per heavy atom.